The fraction of sp³-hybridized carbons (Fsp3) is 1.00. The topological polar surface area (TPSA) is 18.5 Å². The zero-order chi connectivity index (χ0) is 8.10. The van der Waals surface area contributed by atoms with Crippen molar-refractivity contribution >= 4 is 8.38 Å². The van der Waals surface area contributed by atoms with Crippen molar-refractivity contribution in [2.24, 2.45) is 0 Å². The van der Waals surface area contributed by atoms with Crippen molar-refractivity contribution < 1.29 is 9.05 Å². The van der Waals surface area contributed by atoms with Gasteiger partial charge in [0.2, 0.25) is 0 Å². The van der Waals surface area contributed by atoms with Crippen LogP contribution in [0.5, 0.6) is 0 Å². The second-order valence-electron chi connectivity index (χ2n) is 2.94. The van der Waals surface area contributed by atoms with Gasteiger partial charge in [-0.2, -0.15) is 0 Å². The first-order valence-electron chi connectivity index (χ1n) is 4.26. The minimum absolute atomic E-state index is 0.574. The fourth-order valence-electron chi connectivity index (χ4n) is 1.66. The molecule has 1 aliphatic rings. The monoisotopic (exact) mass is 176 g/mol. The number of hydrogen-bond acceptors (Lipinski definition) is 2. The molecule has 0 aliphatic heterocycles. The summed E-state index contributed by atoms with van der Waals surface area (Å²) in [6.45, 7) is 0. The van der Waals surface area contributed by atoms with Crippen LogP contribution in [0.2, 0.25) is 0 Å². The van der Waals surface area contributed by atoms with Crippen LogP contribution in [0.4, 0.5) is 0 Å². The van der Waals surface area contributed by atoms with Gasteiger partial charge in [0.15, 0.2) is 8.38 Å². The summed E-state index contributed by atoms with van der Waals surface area (Å²) in [7, 11) is 2.93. The quantitative estimate of drug-likeness (QED) is 0.615. The summed E-state index contributed by atoms with van der Waals surface area (Å²) in [5.74, 6) is 0. The molecule has 0 aromatic rings. The third kappa shape index (κ3) is 2.70. The van der Waals surface area contributed by atoms with Gasteiger partial charge in [-0.1, -0.05) is 19.3 Å². The minimum atomic E-state index is -0.574. The van der Waals surface area contributed by atoms with Crippen molar-refractivity contribution in [2.75, 3.05) is 14.2 Å². The Morgan fingerprint density at radius 3 is 2.00 bits per heavy atom. The smallest absolute Gasteiger partial charge is 0.173 e. The predicted octanol–water partition coefficient (Wildman–Crippen LogP) is 2.92. The van der Waals surface area contributed by atoms with Crippen molar-refractivity contribution in [2.45, 2.75) is 37.8 Å². The molecular weight excluding hydrogens is 159 g/mol. The molecular formula is C8H17O2P. The van der Waals surface area contributed by atoms with Gasteiger partial charge in [0.25, 0.3) is 0 Å². The highest BCUT2D eigenvalue weighted by Gasteiger charge is 2.23. The molecule has 1 saturated carbocycles. The van der Waals surface area contributed by atoms with Gasteiger partial charge in [-0.05, 0) is 12.8 Å². The maximum absolute atomic E-state index is 5.28. The van der Waals surface area contributed by atoms with Crippen LogP contribution < -0.4 is 0 Å². The third-order valence-electron chi connectivity index (χ3n) is 2.23. The third-order valence-corrected chi connectivity index (χ3v) is 4.07. The molecule has 0 atom stereocenters. The van der Waals surface area contributed by atoms with Gasteiger partial charge in [0.1, 0.15) is 0 Å². The second-order valence-corrected chi connectivity index (χ2v) is 4.97. The van der Waals surface area contributed by atoms with Crippen LogP contribution in [0.3, 0.4) is 0 Å². The second kappa shape index (κ2) is 5.08. The van der Waals surface area contributed by atoms with E-state index in [1.807, 2.05) is 0 Å². The average molecular weight is 176 g/mol. The molecule has 0 N–H and O–H groups in total. The van der Waals surface area contributed by atoms with E-state index in [-0.39, 0.29) is 0 Å². The molecule has 3 heteroatoms. The largest absolute Gasteiger partial charge is 0.337 e. The van der Waals surface area contributed by atoms with Crippen LogP contribution in [0.1, 0.15) is 32.1 Å². The Kier molecular flexibility index (Phi) is 4.36. The summed E-state index contributed by atoms with van der Waals surface area (Å²) < 4.78 is 10.6. The Balaban J connectivity index is 2.30. The Bertz CT molecular complexity index is 98.3. The molecule has 0 unspecified atom stereocenters. The fourth-order valence-corrected chi connectivity index (χ4v) is 3.20. The predicted molar refractivity (Wildman–Crippen MR) is 47.8 cm³/mol. The van der Waals surface area contributed by atoms with Crippen LogP contribution in [0.15, 0.2) is 0 Å². The maximum atomic E-state index is 5.28. The molecule has 1 fully saturated rings. The first-order valence-corrected chi connectivity index (χ1v) is 5.50. The van der Waals surface area contributed by atoms with Crippen molar-refractivity contribution in [3.63, 3.8) is 0 Å². The van der Waals surface area contributed by atoms with E-state index in [1.54, 1.807) is 14.2 Å². The highest BCUT2D eigenvalue weighted by molar-refractivity contribution is 7.48. The lowest BCUT2D eigenvalue weighted by Gasteiger charge is -2.26. The summed E-state index contributed by atoms with van der Waals surface area (Å²) in [6, 6.07) is 0. The highest BCUT2D eigenvalue weighted by Crippen LogP contribution is 2.48. The molecule has 2 nitrogen and oxygen atoms in total. The van der Waals surface area contributed by atoms with Crippen molar-refractivity contribution in [3.05, 3.63) is 0 Å². The lowest BCUT2D eigenvalue weighted by atomic mass is 10.0. The van der Waals surface area contributed by atoms with E-state index < -0.39 is 8.38 Å². The number of hydrogen-bond donors (Lipinski definition) is 0. The van der Waals surface area contributed by atoms with E-state index in [9.17, 15) is 0 Å². The molecule has 1 rings (SSSR count). The summed E-state index contributed by atoms with van der Waals surface area (Å²) in [4.78, 5) is 0. The average Bonchev–Trinajstić information content (AvgIpc) is 2.09. The zero-order valence-electron chi connectivity index (χ0n) is 7.38. The first kappa shape index (κ1) is 9.44. The lowest BCUT2D eigenvalue weighted by Crippen LogP contribution is -2.11. The molecule has 1 aliphatic carbocycles. The van der Waals surface area contributed by atoms with E-state index in [0.717, 1.165) is 0 Å². The van der Waals surface area contributed by atoms with Gasteiger partial charge in [-0.3, -0.25) is 0 Å². The van der Waals surface area contributed by atoms with E-state index in [1.165, 1.54) is 32.1 Å². The van der Waals surface area contributed by atoms with Gasteiger partial charge in [0.05, 0.1) is 0 Å². The Labute approximate surface area is 70.2 Å². The molecule has 11 heavy (non-hydrogen) atoms. The van der Waals surface area contributed by atoms with Crippen LogP contribution in [0, 0.1) is 0 Å². The Morgan fingerprint density at radius 2 is 1.55 bits per heavy atom. The van der Waals surface area contributed by atoms with Crippen molar-refractivity contribution in [1.82, 2.24) is 0 Å². The zero-order valence-corrected chi connectivity index (χ0v) is 8.27. The van der Waals surface area contributed by atoms with Crippen LogP contribution >= 0.6 is 8.38 Å². The number of rotatable bonds is 3. The Morgan fingerprint density at radius 1 is 1.00 bits per heavy atom. The minimum Gasteiger partial charge on any atom is -0.337 e. The van der Waals surface area contributed by atoms with Gasteiger partial charge in [-0.15, -0.1) is 0 Å². The van der Waals surface area contributed by atoms with Crippen LogP contribution in [-0.2, 0) is 9.05 Å². The molecule has 0 heterocycles. The summed E-state index contributed by atoms with van der Waals surface area (Å²) in [5.41, 5.74) is 0.703. The van der Waals surface area contributed by atoms with Gasteiger partial charge in [-0.25, -0.2) is 0 Å². The molecule has 0 radical (unpaired) electrons. The first-order chi connectivity index (χ1) is 5.38. The van der Waals surface area contributed by atoms with E-state index >= 15 is 0 Å². The maximum Gasteiger partial charge on any atom is 0.173 e. The molecule has 0 saturated heterocycles. The van der Waals surface area contributed by atoms with Gasteiger partial charge >= 0.3 is 0 Å². The standard InChI is InChI=1S/C8H17O2P/c1-9-11(10-2)8-6-4-3-5-7-8/h8H,3-7H2,1-2H3. The van der Waals surface area contributed by atoms with E-state index in [4.69, 9.17) is 9.05 Å². The molecule has 0 amide bonds. The molecule has 0 aromatic heterocycles. The van der Waals surface area contributed by atoms with E-state index in [2.05, 4.69) is 0 Å². The van der Waals surface area contributed by atoms with Crippen molar-refractivity contribution in [1.29, 1.82) is 0 Å². The normalized spacial score (nSPS) is 21.0. The van der Waals surface area contributed by atoms with Crippen LogP contribution in [0.25, 0.3) is 0 Å². The summed E-state index contributed by atoms with van der Waals surface area (Å²) >= 11 is 0. The molecule has 0 spiro atoms. The lowest BCUT2D eigenvalue weighted by molar-refractivity contribution is 0.317. The Hall–Kier alpha value is 0.350. The highest BCUT2D eigenvalue weighted by atomic mass is 31.2. The van der Waals surface area contributed by atoms with Gasteiger partial charge in [0, 0.05) is 19.9 Å². The molecule has 0 aromatic carbocycles. The van der Waals surface area contributed by atoms with Crippen LogP contribution in [-0.4, -0.2) is 19.9 Å². The SMILES string of the molecule is COP(OC)C1CCCCC1. The molecule has 66 valence electrons. The summed E-state index contributed by atoms with van der Waals surface area (Å²) in [5, 5.41) is 0. The van der Waals surface area contributed by atoms with E-state index in [0.29, 0.717) is 5.66 Å². The molecule has 0 bridgehead atoms. The van der Waals surface area contributed by atoms with Crippen molar-refractivity contribution in [3.8, 4) is 0 Å². The summed E-state index contributed by atoms with van der Waals surface area (Å²) in [6.07, 6.45) is 6.71. The van der Waals surface area contributed by atoms with Gasteiger partial charge < -0.3 is 9.05 Å².